The Kier molecular flexibility index (Phi) is 5.69. The van der Waals surface area contributed by atoms with E-state index < -0.39 is 30.3 Å². The molecule has 1 aromatic carbocycles. The van der Waals surface area contributed by atoms with Crippen molar-refractivity contribution in [2.75, 3.05) is 7.11 Å². The largest absolute Gasteiger partial charge is 0.480 e. The van der Waals surface area contributed by atoms with Crippen LogP contribution >= 0.6 is 15.9 Å². The van der Waals surface area contributed by atoms with Crippen molar-refractivity contribution in [2.24, 2.45) is 0 Å². The number of hydrogen-bond acceptors (Lipinski definition) is 4. The molecular formula is C13H14BrNO5. The lowest BCUT2D eigenvalue weighted by atomic mass is 10.1. The van der Waals surface area contributed by atoms with Gasteiger partial charge in [-0.15, -0.1) is 0 Å². The van der Waals surface area contributed by atoms with E-state index in [1.807, 2.05) is 0 Å². The first-order valence-electron chi connectivity index (χ1n) is 5.71. The van der Waals surface area contributed by atoms with Gasteiger partial charge < -0.3 is 15.2 Å². The number of hydrogen-bond donors (Lipinski definition) is 2. The lowest BCUT2D eigenvalue weighted by Gasteiger charge is -2.14. The Balaban J connectivity index is 2.88. The zero-order valence-corrected chi connectivity index (χ0v) is 12.6. The zero-order valence-electron chi connectivity index (χ0n) is 11.0. The highest BCUT2D eigenvalue weighted by Crippen LogP contribution is 2.16. The van der Waals surface area contributed by atoms with Crippen LogP contribution in [0.5, 0.6) is 0 Å². The van der Waals surface area contributed by atoms with E-state index in [1.165, 1.54) is 0 Å². The third kappa shape index (κ3) is 4.34. The number of esters is 1. The molecule has 108 valence electrons. The van der Waals surface area contributed by atoms with Gasteiger partial charge in [0.25, 0.3) is 5.91 Å². The summed E-state index contributed by atoms with van der Waals surface area (Å²) < 4.78 is 5.10. The van der Waals surface area contributed by atoms with Crippen LogP contribution in [0, 0.1) is 6.92 Å². The van der Waals surface area contributed by atoms with Gasteiger partial charge in [-0.05, 0) is 24.6 Å². The summed E-state index contributed by atoms with van der Waals surface area (Å²) in [5, 5.41) is 11.3. The zero-order chi connectivity index (χ0) is 15.3. The Morgan fingerprint density at radius 3 is 2.60 bits per heavy atom. The van der Waals surface area contributed by atoms with Crippen molar-refractivity contribution in [3.63, 3.8) is 0 Å². The van der Waals surface area contributed by atoms with Crippen molar-refractivity contribution in [2.45, 2.75) is 19.4 Å². The summed E-state index contributed by atoms with van der Waals surface area (Å²) in [6, 6.07) is 3.76. The Labute approximate surface area is 124 Å². The molecule has 0 saturated heterocycles. The van der Waals surface area contributed by atoms with Crippen molar-refractivity contribution < 1.29 is 24.2 Å². The molecule has 1 aromatic rings. The minimum Gasteiger partial charge on any atom is -0.480 e. The Morgan fingerprint density at radius 1 is 1.40 bits per heavy atom. The molecule has 0 spiro atoms. The van der Waals surface area contributed by atoms with E-state index >= 15 is 0 Å². The maximum atomic E-state index is 12.1. The number of methoxy groups -OCH3 is 1. The van der Waals surface area contributed by atoms with Gasteiger partial charge in [-0.3, -0.25) is 9.59 Å². The smallest absolute Gasteiger partial charge is 0.326 e. The Morgan fingerprint density at radius 2 is 2.05 bits per heavy atom. The molecule has 6 nitrogen and oxygen atoms in total. The van der Waals surface area contributed by atoms with E-state index in [4.69, 9.17) is 5.11 Å². The van der Waals surface area contributed by atoms with Crippen molar-refractivity contribution in [3.8, 4) is 0 Å². The highest BCUT2D eigenvalue weighted by Gasteiger charge is 2.24. The first kappa shape index (κ1) is 16.2. The summed E-state index contributed by atoms with van der Waals surface area (Å²) in [6.45, 7) is 1.73. The molecule has 2 N–H and O–H groups in total. The molecule has 0 aliphatic heterocycles. The second kappa shape index (κ2) is 7.04. The van der Waals surface area contributed by atoms with Crippen LogP contribution in [0.2, 0.25) is 0 Å². The number of nitrogens with one attached hydrogen (secondary N) is 1. The third-order valence-electron chi connectivity index (χ3n) is 2.65. The topological polar surface area (TPSA) is 92.7 Å². The van der Waals surface area contributed by atoms with E-state index in [0.717, 1.165) is 7.11 Å². The highest BCUT2D eigenvalue weighted by atomic mass is 79.9. The van der Waals surface area contributed by atoms with Crippen LogP contribution in [-0.2, 0) is 14.3 Å². The van der Waals surface area contributed by atoms with Gasteiger partial charge in [0.2, 0.25) is 0 Å². The van der Waals surface area contributed by atoms with Crippen LogP contribution in [-0.4, -0.2) is 36.1 Å². The normalized spacial score (nSPS) is 11.6. The summed E-state index contributed by atoms with van der Waals surface area (Å²) in [5.41, 5.74) is 1.04. The number of carboxylic acids is 1. The van der Waals surface area contributed by atoms with Crippen molar-refractivity contribution in [1.82, 2.24) is 5.32 Å². The summed E-state index contributed by atoms with van der Waals surface area (Å²) in [5.74, 6) is -2.56. The third-order valence-corrected chi connectivity index (χ3v) is 3.14. The first-order chi connectivity index (χ1) is 9.35. The molecule has 0 saturated carbocycles. The number of benzene rings is 1. The molecule has 0 bridgehead atoms. The SMILES string of the molecule is COC(=O)C[C@H](NC(=O)c1cc(Br)ccc1C)C(=O)O. The maximum absolute atomic E-state index is 12.1. The second-order valence-corrected chi connectivity index (χ2v) is 5.02. The minimum atomic E-state index is -1.33. The first-order valence-corrected chi connectivity index (χ1v) is 6.51. The predicted octanol–water partition coefficient (Wildman–Crippen LogP) is 1.50. The van der Waals surface area contributed by atoms with Crippen LogP contribution in [0.25, 0.3) is 0 Å². The molecule has 0 aromatic heterocycles. The van der Waals surface area contributed by atoms with E-state index in [1.54, 1.807) is 25.1 Å². The summed E-state index contributed by atoms with van der Waals surface area (Å²) in [4.78, 5) is 34.2. The van der Waals surface area contributed by atoms with Crippen molar-refractivity contribution in [3.05, 3.63) is 33.8 Å². The number of amides is 1. The maximum Gasteiger partial charge on any atom is 0.326 e. The van der Waals surface area contributed by atoms with Gasteiger partial charge in [0.15, 0.2) is 0 Å². The van der Waals surface area contributed by atoms with E-state index in [-0.39, 0.29) is 0 Å². The van der Waals surface area contributed by atoms with Crippen LogP contribution in [0.1, 0.15) is 22.3 Å². The molecule has 20 heavy (non-hydrogen) atoms. The minimum absolute atomic E-state index is 0.343. The molecule has 7 heteroatoms. The fourth-order valence-corrected chi connectivity index (χ4v) is 1.89. The number of aliphatic carboxylic acids is 1. The van der Waals surface area contributed by atoms with Gasteiger partial charge in [0.1, 0.15) is 6.04 Å². The van der Waals surface area contributed by atoms with Crippen LogP contribution in [0.15, 0.2) is 22.7 Å². The summed E-state index contributed by atoms with van der Waals surface area (Å²) >= 11 is 3.24. The number of aryl methyl sites for hydroxylation is 1. The predicted molar refractivity (Wildman–Crippen MR) is 74.4 cm³/mol. The van der Waals surface area contributed by atoms with E-state index in [9.17, 15) is 14.4 Å². The van der Waals surface area contributed by atoms with Gasteiger partial charge in [0.05, 0.1) is 13.5 Å². The Bertz CT molecular complexity index is 544. The fourth-order valence-electron chi connectivity index (χ4n) is 1.52. The van der Waals surface area contributed by atoms with Crippen LogP contribution in [0.4, 0.5) is 0 Å². The molecule has 0 aliphatic carbocycles. The lowest BCUT2D eigenvalue weighted by Crippen LogP contribution is -2.42. The number of carbonyl (C=O) groups is 3. The van der Waals surface area contributed by atoms with Gasteiger partial charge in [0, 0.05) is 10.0 Å². The number of rotatable bonds is 5. The van der Waals surface area contributed by atoms with Gasteiger partial charge in [-0.1, -0.05) is 22.0 Å². The van der Waals surface area contributed by atoms with E-state index in [0.29, 0.717) is 15.6 Å². The van der Waals surface area contributed by atoms with Crippen LogP contribution in [0.3, 0.4) is 0 Å². The summed E-state index contributed by atoms with van der Waals surface area (Å²) in [6.07, 6.45) is -0.426. The average Bonchev–Trinajstić information content (AvgIpc) is 2.40. The van der Waals surface area contributed by atoms with Crippen molar-refractivity contribution in [1.29, 1.82) is 0 Å². The van der Waals surface area contributed by atoms with Crippen molar-refractivity contribution >= 4 is 33.8 Å². The molecule has 0 aliphatic rings. The average molecular weight is 344 g/mol. The van der Waals surface area contributed by atoms with Crippen LogP contribution < -0.4 is 5.32 Å². The second-order valence-electron chi connectivity index (χ2n) is 4.10. The molecule has 1 amide bonds. The molecule has 0 radical (unpaired) electrons. The molecule has 0 unspecified atom stereocenters. The molecule has 1 atom stereocenters. The molecule has 1 rings (SSSR count). The molecular weight excluding hydrogens is 330 g/mol. The van der Waals surface area contributed by atoms with E-state index in [2.05, 4.69) is 26.0 Å². The lowest BCUT2D eigenvalue weighted by molar-refractivity contribution is -0.147. The summed E-state index contributed by atoms with van der Waals surface area (Å²) in [7, 11) is 1.15. The molecule has 0 heterocycles. The molecule has 0 fully saturated rings. The number of carboxylic acid groups (broad SMARTS) is 1. The number of carbonyl (C=O) groups excluding carboxylic acids is 2. The van der Waals surface area contributed by atoms with Gasteiger partial charge >= 0.3 is 11.9 Å². The standard InChI is InChI=1S/C13H14BrNO5/c1-7-3-4-8(14)5-9(7)12(17)15-10(13(18)19)6-11(16)20-2/h3-5,10H,6H2,1-2H3,(H,15,17)(H,18,19)/t10-/m0/s1. The highest BCUT2D eigenvalue weighted by molar-refractivity contribution is 9.10. The van der Waals surface area contributed by atoms with Gasteiger partial charge in [-0.25, -0.2) is 4.79 Å². The fraction of sp³-hybridized carbons (Fsp3) is 0.308. The quantitative estimate of drug-likeness (QED) is 0.790. The Hall–Kier alpha value is -1.89. The van der Waals surface area contributed by atoms with Gasteiger partial charge in [-0.2, -0.15) is 0 Å². The number of ether oxygens (including phenoxy) is 1. The number of halogens is 1. The monoisotopic (exact) mass is 343 g/mol.